The van der Waals surface area contributed by atoms with E-state index in [1.165, 1.54) is 0 Å². The van der Waals surface area contributed by atoms with E-state index in [2.05, 4.69) is 24.8 Å². The maximum Gasteiger partial charge on any atom is 0.127 e. The van der Waals surface area contributed by atoms with Gasteiger partial charge in [0, 0.05) is 31.3 Å². The van der Waals surface area contributed by atoms with E-state index >= 15 is 0 Å². The standard InChI is InChI=1S/C16H26N2O2/c1-11-9-18(10-12(11)2)15(8-17)14-6-5-13(19-3)7-16(14)20-4/h5-7,11-12,15H,8-10,17H2,1-4H3. The van der Waals surface area contributed by atoms with Gasteiger partial charge in [-0.1, -0.05) is 19.9 Å². The number of rotatable bonds is 5. The summed E-state index contributed by atoms with van der Waals surface area (Å²) in [6.45, 7) is 7.41. The molecule has 0 radical (unpaired) electrons. The fourth-order valence-electron chi connectivity index (χ4n) is 3.00. The molecular formula is C16H26N2O2. The lowest BCUT2D eigenvalue weighted by Gasteiger charge is -2.28. The average Bonchev–Trinajstić information content (AvgIpc) is 2.79. The Kier molecular flexibility index (Phi) is 4.89. The van der Waals surface area contributed by atoms with Gasteiger partial charge in [-0.2, -0.15) is 0 Å². The first-order valence-electron chi connectivity index (χ1n) is 7.26. The highest BCUT2D eigenvalue weighted by atomic mass is 16.5. The van der Waals surface area contributed by atoms with Gasteiger partial charge >= 0.3 is 0 Å². The van der Waals surface area contributed by atoms with E-state index in [4.69, 9.17) is 15.2 Å². The molecule has 0 aliphatic carbocycles. The van der Waals surface area contributed by atoms with Crippen molar-refractivity contribution in [3.05, 3.63) is 23.8 Å². The summed E-state index contributed by atoms with van der Waals surface area (Å²) in [6.07, 6.45) is 0. The van der Waals surface area contributed by atoms with Gasteiger partial charge in [0.25, 0.3) is 0 Å². The predicted molar refractivity (Wildman–Crippen MR) is 81.2 cm³/mol. The van der Waals surface area contributed by atoms with Gasteiger partial charge in [0.15, 0.2) is 0 Å². The lowest BCUT2D eigenvalue weighted by atomic mass is 10.0. The zero-order chi connectivity index (χ0) is 14.7. The van der Waals surface area contributed by atoms with Crippen LogP contribution in [0, 0.1) is 11.8 Å². The smallest absolute Gasteiger partial charge is 0.127 e. The van der Waals surface area contributed by atoms with Gasteiger partial charge in [0.2, 0.25) is 0 Å². The first-order chi connectivity index (χ1) is 9.60. The van der Waals surface area contributed by atoms with E-state index in [0.717, 1.165) is 30.2 Å². The first-order valence-corrected chi connectivity index (χ1v) is 7.26. The van der Waals surface area contributed by atoms with Crippen molar-refractivity contribution >= 4 is 0 Å². The van der Waals surface area contributed by atoms with Gasteiger partial charge in [-0.05, 0) is 17.9 Å². The second-order valence-electron chi connectivity index (χ2n) is 5.77. The first kappa shape index (κ1) is 15.1. The summed E-state index contributed by atoms with van der Waals surface area (Å²) in [4.78, 5) is 2.47. The van der Waals surface area contributed by atoms with Crippen molar-refractivity contribution in [1.82, 2.24) is 4.90 Å². The monoisotopic (exact) mass is 278 g/mol. The molecule has 4 nitrogen and oxygen atoms in total. The van der Waals surface area contributed by atoms with Crippen LogP contribution in [-0.2, 0) is 0 Å². The molecule has 1 aromatic carbocycles. The fourth-order valence-corrected chi connectivity index (χ4v) is 3.00. The minimum atomic E-state index is 0.211. The van der Waals surface area contributed by atoms with Crippen molar-refractivity contribution < 1.29 is 9.47 Å². The molecule has 112 valence electrons. The van der Waals surface area contributed by atoms with Crippen LogP contribution >= 0.6 is 0 Å². The molecule has 1 aliphatic rings. The molecule has 3 atom stereocenters. The number of hydrogen-bond donors (Lipinski definition) is 1. The summed E-state index contributed by atoms with van der Waals surface area (Å²) in [5.74, 6) is 3.10. The van der Waals surface area contributed by atoms with Crippen LogP contribution in [0.15, 0.2) is 18.2 Å². The average molecular weight is 278 g/mol. The zero-order valence-corrected chi connectivity index (χ0v) is 12.9. The number of likely N-dealkylation sites (tertiary alicyclic amines) is 1. The summed E-state index contributed by atoms with van der Waals surface area (Å²) in [7, 11) is 3.36. The molecule has 1 aromatic rings. The minimum Gasteiger partial charge on any atom is -0.497 e. The molecule has 1 saturated heterocycles. The zero-order valence-electron chi connectivity index (χ0n) is 12.9. The van der Waals surface area contributed by atoms with Gasteiger partial charge in [0.05, 0.1) is 20.3 Å². The predicted octanol–water partition coefficient (Wildman–Crippen LogP) is 2.29. The molecule has 2 rings (SSSR count). The van der Waals surface area contributed by atoms with Crippen LogP contribution in [0.25, 0.3) is 0 Å². The summed E-state index contributed by atoms with van der Waals surface area (Å²) >= 11 is 0. The minimum absolute atomic E-state index is 0.211. The molecule has 2 N–H and O–H groups in total. The molecule has 1 fully saturated rings. The van der Waals surface area contributed by atoms with E-state index in [9.17, 15) is 0 Å². The Morgan fingerprint density at radius 1 is 1.20 bits per heavy atom. The Balaban J connectivity index is 2.27. The SMILES string of the molecule is COc1ccc(C(CN)N2CC(C)C(C)C2)c(OC)c1. The van der Waals surface area contributed by atoms with E-state index in [1.807, 2.05) is 12.1 Å². The molecule has 0 saturated carbocycles. The van der Waals surface area contributed by atoms with Gasteiger partial charge in [0.1, 0.15) is 11.5 Å². The lowest BCUT2D eigenvalue weighted by molar-refractivity contribution is 0.234. The fraction of sp³-hybridized carbons (Fsp3) is 0.625. The maximum absolute atomic E-state index is 6.04. The van der Waals surface area contributed by atoms with Crippen LogP contribution in [0.1, 0.15) is 25.5 Å². The van der Waals surface area contributed by atoms with Crippen molar-refractivity contribution in [3.63, 3.8) is 0 Å². The number of ether oxygens (including phenoxy) is 2. The van der Waals surface area contributed by atoms with Gasteiger partial charge in [-0.15, -0.1) is 0 Å². The summed E-state index contributed by atoms with van der Waals surface area (Å²) in [6, 6.07) is 6.19. The topological polar surface area (TPSA) is 47.7 Å². The highest BCUT2D eigenvalue weighted by Crippen LogP contribution is 2.36. The van der Waals surface area contributed by atoms with E-state index in [-0.39, 0.29) is 6.04 Å². The number of hydrogen-bond acceptors (Lipinski definition) is 4. The number of benzene rings is 1. The second-order valence-corrected chi connectivity index (χ2v) is 5.77. The number of nitrogens with two attached hydrogens (primary N) is 1. The van der Waals surface area contributed by atoms with Crippen LogP contribution in [0.2, 0.25) is 0 Å². The van der Waals surface area contributed by atoms with Gasteiger partial charge in [-0.3, -0.25) is 4.90 Å². The van der Waals surface area contributed by atoms with Crippen LogP contribution in [0.5, 0.6) is 11.5 Å². The number of nitrogens with zero attached hydrogens (tertiary/aromatic N) is 1. The molecule has 0 spiro atoms. The van der Waals surface area contributed by atoms with Crippen molar-refractivity contribution in [3.8, 4) is 11.5 Å². The Bertz CT molecular complexity index is 440. The van der Waals surface area contributed by atoms with E-state index < -0.39 is 0 Å². The van der Waals surface area contributed by atoms with Crippen LogP contribution < -0.4 is 15.2 Å². The summed E-state index contributed by atoms with van der Waals surface area (Å²) in [5.41, 5.74) is 7.19. The van der Waals surface area contributed by atoms with Crippen LogP contribution in [-0.4, -0.2) is 38.8 Å². The highest BCUT2D eigenvalue weighted by Gasteiger charge is 2.32. The summed E-state index contributed by atoms with van der Waals surface area (Å²) < 4.78 is 10.8. The third kappa shape index (κ3) is 2.91. The van der Waals surface area contributed by atoms with Gasteiger partial charge < -0.3 is 15.2 Å². The van der Waals surface area contributed by atoms with E-state index in [1.54, 1.807) is 14.2 Å². The Morgan fingerprint density at radius 2 is 1.85 bits per heavy atom. The molecule has 1 heterocycles. The van der Waals surface area contributed by atoms with Crippen molar-refractivity contribution in [1.29, 1.82) is 0 Å². The van der Waals surface area contributed by atoms with Gasteiger partial charge in [-0.25, -0.2) is 0 Å². The molecule has 1 aliphatic heterocycles. The van der Waals surface area contributed by atoms with Crippen molar-refractivity contribution in [2.24, 2.45) is 17.6 Å². The summed E-state index contributed by atoms with van der Waals surface area (Å²) in [5, 5.41) is 0. The highest BCUT2D eigenvalue weighted by molar-refractivity contribution is 5.42. The normalized spacial score (nSPS) is 24.6. The van der Waals surface area contributed by atoms with Crippen molar-refractivity contribution in [2.45, 2.75) is 19.9 Å². The molecule has 20 heavy (non-hydrogen) atoms. The number of methoxy groups -OCH3 is 2. The van der Waals surface area contributed by atoms with Crippen LogP contribution in [0.4, 0.5) is 0 Å². The second kappa shape index (κ2) is 6.46. The molecule has 0 bridgehead atoms. The quantitative estimate of drug-likeness (QED) is 0.898. The Morgan fingerprint density at radius 3 is 2.35 bits per heavy atom. The largest absolute Gasteiger partial charge is 0.497 e. The molecule has 4 heteroatoms. The van der Waals surface area contributed by atoms with Crippen LogP contribution in [0.3, 0.4) is 0 Å². The molecule has 0 amide bonds. The maximum atomic E-state index is 6.04. The Hall–Kier alpha value is -1.26. The molecule has 0 aromatic heterocycles. The Labute approximate surface area is 121 Å². The molecular weight excluding hydrogens is 252 g/mol. The van der Waals surface area contributed by atoms with E-state index in [0.29, 0.717) is 18.4 Å². The third-order valence-electron chi connectivity index (χ3n) is 4.48. The molecule has 3 unspecified atom stereocenters. The van der Waals surface area contributed by atoms with Crippen molar-refractivity contribution in [2.75, 3.05) is 33.9 Å². The lowest BCUT2D eigenvalue weighted by Crippen LogP contribution is -2.32. The third-order valence-corrected chi connectivity index (χ3v) is 4.48.